The molecule has 1 aliphatic heterocycles. The molecule has 0 radical (unpaired) electrons. The summed E-state index contributed by atoms with van der Waals surface area (Å²) in [6.45, 7) is 3.31. The molecule has 3 aromatic rings. The zero-order valence-corrected chi connectivity index (χ0v) is 18.7. The third-order valence-electron chi connectivity index (χ3n) is 4.75. The van der Waals surface area contributed by atoms with E-state index in [2.05, 4.69) is 52.3 Å². The molecule has 8 heteroatoms. The molecule has 4 nitrogen and oxygen atoms in total. The molecular formula is C22H21ClFN3OS2. The number of anilines is 1. The van der Waals surface area contributed by atoms with Crippen molar-refractivity contribution < 1.29 is 9.13 Å². The summed E-state index contributed by atoms with van der Waals surface area (Å²) in [6, 6.07) is 11.4. The topological polar surface area (TPSA) is 46.2 Å². The second-order valence-electron chi connectivity index (χ2n) is 6.92. The zero-order chi connectivity index (χ0) is 20.9. The summed E-state index contributed by atoms with van der Waals surface area (Å²) < 4.78 is 23.5. The Labute approximate surface area is 188 Å². The Morgan fingerprint density at radius 3 is 2.93 bits per heavy atom. The second kappa shape index (κ2) is 9.83. The van der Waals surface area contributed by atoms with Gasteiger partial charge in [0.1, 0.15) is 24.0 Å². The van der Waals surface area contributed by atoms with Gasteiger partial charge < -0.3 is 14.8 Å². The van der Waals surface area contributed by atoms with Gasteiger partial charge in [-0.25, -0.2) is 9.37 Å². The molecule has 1 aliphatic rings. The molecule has 0 bridgehead atoms. The van der Waals surface area contributed by atoms with Gasteiger partial charge in [-0.05, 0) is 49.0 Å². The number of hydrogen-bond donors (Lipinski definition) is 2. The van der Waals surface area contributed by atoms with E-state index in [1.54, 1.807) is 11.6 Å². The van der Waals surface area contributed by atoms with Crippen molar-refractivity contribution in [1.29, 1.82) is 0 Å². The van der Waals surface area contributed by atoms with Crippen LogP contribution in [0.15, 0.2) is 58.3 Å². The fourth-order valence-corrected chi connectivity index (χ4v) is 4.69. The van der Waals surface area contributed by atoms with Crippen molar-refractivity contribution in [2.45, 2.75) is 24.3 Å². The van der Waals surface area contributed by atoms with E-state index in [1.165, 1.54) is 34.1 Å². The van der Waals surface area contributed by atoms with Crippen LogP contribution in [0, 0.1) is 12.7 Å². The molecule has 2 N–H and O–H groups in total. The minimum atomic E-state index is -0.395. The molecule has 2 aromatic carbocycles. The largest absolute Gasteiger partial charge is 0.490 e. The summed E-state index contributed by atoms with van der Waals surface area (Å²) in [5.41, 5.74) is 5.29. The molecule has 4 rings (SSSR count). The van der Waals surface area contributed by atoms with E-state index in [0.717, 1.165) is 24.9 Å². The first-order valence-electron chi connectivity index (χ1n) is 9.53. The van der Waals surface area contributed by atoms with Gasteiger partial charge in [-0.1, -0.05) is 47.5 Å². The Morgan fingerprint density at radius 1 is 1.33 bits per heavy atom. The SMILES string of the molecule is Cc1ccc(C2=CCCNC2COc2cc(F)c(SNc3cscn3)cc2Cl)cc1. The first-order chi connectivity index (χ1) is 14.6. The van der Waals surface area contributed by atoms with Gasteiger partial charge in [0, 0.05) is 11.4 Å². The highest BCUT2D eigenvalue weighted by Gasteiger charge is 2.20. The van der Waals surface area contributed by atoms with E-state index < -0.39 is 5.82 Å². The van der Waals surface area contributed by atoms with Gasteiger partial charge in [0.15, 0.2) is 0 Å². The number of ether oxygens (including phenoxy) is 1. The summed E-state index contributed by atoms with van der Waals surface area (Å²) in [6.07, 6.45) is 3.20. The normalized spacial score (nSPS) is 16.2. The zero-order valence-electron chi connectivity index (χ0n) is 16.3. The maximum atomic E-state index is 14.6. The van der Waals surface area contributed by atoms with Crippen LogP contribution in [0.5, 0.6) is 5.75 Å². The lowest BCUT2D eigenvalue weighted by Gasteiger charge is -2.26. The molecule has 0 spiro atoms. The smallest absolute Gasteiger partial charge is 0.147 e. The molecule has 2 heterocycles. The van der Waals surface area contributed by atoms with Crippen molar-refractivity contribution in [1.82, 2.24) is 10.3 Å². The van der Waals surface area contributed by atoms with Crippen LogP contribution in [0.3, 0.4) is 0 Å². The average molecular weight is 462 g/mol. The van der Waals surface area contributed by atoms with Gasteiger partial charge in [0.25, 0.3) is 0 Å². The second-order valence-corrected chi connectivity index (χ2v) is 8.90. The number of nitrogens with one attached hydrogen (secondary N) is 2. The van der Waals surface area contributed by atoms with E-state index in [-0.39, 0.29) is 6.04 Å². The molecule has 156 valence electrons. The van der Waals surface area contributed by atoms with Gasteiger partial charge in [-0.2, -0.15) is 0 Å². The van der Waals surface area contributed by atoms with E-state index in [1.807, 2.05) is 5.38 Å². The minimum Gasteiger partial charge on any atom is -0.490 e. The highest BCUT2D eigenvalue weighted by atomic mass is 35.5. The van der Waals surface area contributed by atoms with Crippen molar-refractivity contribution in [3.8, 4) is 5.75 Å². The molecule has 0 saturated heterocycles. The number of aromatic nitrogens is 1. The Bertz CT molecular complexity index is 1030. The molecular weight excluding hydrogens is 441 g/mol. The maximum Gasteiger partial charge on any atom is 0.147 e. The molecule has 1 unspecified atom stereocenters. The lowest BCUT2D eigenvalue weighted by Crippen LogP contribution is -2.38. The maximum absolute atomic E-state index is 14.6. The Morgan fingerprint density at radius 2 is 2.17 bits per heavy atom. The summed E-state index contributed by atoms with van der Waals surface area (Å²) in [7, 11) is 0. The van der Waals surface area contributed by atoms with Gasteiger partial charge >= 0.3 is 0 Å². The molecule has 0 aliphatic carbocycles. The average Bonchev–Trinajstić information content (AvgIpc) is 3.27. The number of hydrogen-bond acceptors (Lipinski definition) is 6. The van der Waals surface area contributed by atoms with Crippen LogP contribution in [0.4, 0.5) is 10.2 Å². The number of benzene rings is 2. The van der Waals surface area contributed by atoms with Crippen LogP contribution in [0.1, 0.15) is 17.5 Å². The first-order valence-corrected chi connectivity index (χ1v) is 11.7. The van der Waals surface area contributed by atoms with Crippen LogP contribution in [0.25, 0.3) is 5.57 Å². The summed E-state index contributed by atoms with van der Waals surface area (Å²) >= 11 is 8.97. The van der Waals surface area contributed by atoms with Gasteiger partial charge in [-0.3, -0.25) is 0 Å². The van der Waals surface area contributed by atoms with Crippen molar-refractivity contribution in [3.05, 3.63) is 75.3 Å². The molecule has 0 saturated carbocycles. The predicted octanol–water partition coefficient (Wildman–Crippen LogP) is 6.19. The third-order valence-corrected chi connectivity index (χ3v) is 6.48. The fourth-order valence-electron chi connectivity index (χ4n) is 3.19. The monoisotopic (exact) mass is 461 g/mol. The Balaban J connectivity index is 1.43. The highest BCUT2D eigenvalue weighted by molar-refractivity contribution is 8.00. The molecule has 0 amide bonds. The van der Waals surface area contributed by atoms with Crippen LogP contribution >= 0.6 is 34.9 Å². The highest BCUT2D eigenvalue weighted by Crippen LogP contribution is 2.34. The lowest BCUT2D eigenvalue weighted by molar-refractivity contribution is 0.287. The molecule has 1 atom stereocenters. The van der Waals surface area contributed by atoms with Crippen LogP contribution < -0.4 is 14.8 Å². The van der Waals surface area contributed by atoms with Crippen LogP contribution in [0.2, 0.25) is 5.02 Å². The van der Waals surface area contributed by atoms with Gasteiger partial charge in [0.05, 0.1) is 21.5 Å². The lowest BCUT2D eigenvalue weighted by atomic mass is 9.94. The Hall–Kier alpha value is -2.06. The van der Waals surface area contributed by atoms with Crippen molar-refractivity contribution in [2.24, 2.45) is 0 Å². The molecule has 1 aromatic heterocycles. The quantitative estimate of drug-likeness (QED) is 0.411. The van der Waals surface area contributed by atoms with E-state index in [4.69, 9.17) is 16.3 Å². The number of halogens is 2. The fraction of sp³-hybridized carbons (Fsp3) is 0.227. The van der Waals surface area contributed by atoms with Crippen molar-refractivity contribution in [3.63, 3.8) is 0 Å². The first kappa shape index (κ1) is 21.2. The van der Waals surface area contributed by atoms with E-state index in [0.29, 0.717) is 28.1 Å². The number of nitrogens with zero attached hydrogens (tertiary/aromatic N) is 1. The Kier molecular flexibility index (Phi) is 6.94. The van der Waals surface area contributed by atoms with Crippen molar-refractivity contribution >= 4 is 46.3 Å². The number of rotatable bonds is 7. The van der Waals surface area contributed by atoms with E-state index in [9.17, 15) is 4.39 Å². The number of aryl methyl sites for hydroxylation is 1. The predicted molar refractivity (Wildman–Crippen MR) is 124 cm³/mol. The summed E-state index contributed by atoms with van der Waals surface area (Å²) in [4.78, 5) is 4.50. The van der Waals surface area contributed by atoms with Gasteiger partial charge in [0.2, 0.25) is 0 Å². The third kappa shape index (κ3) is 5.16. The number of thiazole rings is 1. The minimum absolute atomic E-state index is 0.0148. The van der Waals surface area contributed by atoms with Crippen LogP contribution in [-0.2, 0) is 0 Å². The summed E-state index contributed by atoms with van der Waals surface area (Å²) in [5.74, 6) is 0.621. The van der Waals surface area contributed by atoms with Gasteiger partial charge in [-0.15, -0.1) is 11.3 Å². The summed E-state index contributed by atoms with van der Waals surface area (Å²) in [5, 5.41) is 5.70. The van der Waals surface area contributed by atoms with Crippen molar-refractivity contribution in [2.75, 3.05) is 17.9 Å². The molecule has 30 heavy (non-hydrogen) atoms. The molecule has 0 fully saturated rings. The van der Waals surface area contributed by atoms with Crippen LogP contribution in [-0.4, -0.2) is 24.2 Å². The standard InChI is InChI=1S/C22H21ClFN3OS2/c1-14-4-6-15(7-5-14)16-3-2-8-25-19(16)11-28-20-10-18(24)21(9-17(20)23)30-27-22-12-29-13-26-22/h3-7,9-10,12-13,19,25,27H,2,8,11H2,1H3. The van der Waals surface area contributed by atoms with E-state index >= 15 is 0 Å².